The van der Waals surface area contributed by atoms with E-state index in [1.807, 2.05) is 18.2 Å². The highest BCUT2D eigenvalue weighted by Crippen LogP contribution is 2.24. The highest BCUT2D eigenvalue weighted by Gasteiger charge is 2.21. The minimum atomic E-state index is -0.332. The van der Waals surface area contributed by atoms with Crippen LogP contribution in [0.3, 0.4) is 0 Å². The molecule has 0 bridgehead atoms. The maximum absolute atomic E-state index is 11.8. The van der Waals surface area contributed by atoms with Crippen LogP contribution in [0.4, 0.5) is 0 Å². The number of carbonyl (C=O) groups excluding carboxylic acids is 2. The molecule has 0 spiro atoms. The summed E-state index contributed by atoms with van der Waals surface area (Å²) in [6.45, 7) is 2.45. The van der Waals surface area contributed by atoms with Crippen molar-refractivity contribution in [2.45, 2.75) is 25.4 Å². The van der Waals surface area contributed by atoms with E-state index in [1.54, 1.807) is 0 Å². The number of halogens is 4. The molecule has 4 N–H and O–H groups in total. The van der Waals surface area contributed by atoms with Crippen molar-refractivity contribution in [1.29, 1.82) is 0 Å². The fourth-order valence-corrected chi connectivity index (χ4v) is 2.98. The Hall–Kier alpha value is -0.760. The van der Waals surface area contributed by atoms with Crippen molar-refractivity contribution in [3.63, 3.8) is 0 Å². The number of nitrogens with one attached hydrogen (secondary N) is 2. The molecule has 1 saturated heterocycles. The molecule has 6 nitrogen and oxygen atoms in total. The van der Waals surface area contributed by atoms with Gasteiger partial charge >= 0.3 is 0 Å². The van der Waals surface area contributed by atoms with Gasteiger partial charge in [0.2, 0.25) is 11.8 Å². The summed E-state index contributed by atoms with van der Waals surface area (Å²) >= 11 is 12.0. The third-order valence-electron chi connectivity index (χ3n) is 3.97. The molecule has 0 aromatic heterocycles. The zero-order chi connectivity index (χ0) is 17.5. The second-order valence-corrected chi connectivity index (χ2v) is 6.66. The van der Waals surface area contributed by atoms with Crippen molar-refractivity contribution in [1.82, 2.24) is 15.5 Å². The van der Waals surface area contributed by atoms with E-state index in [9.17, 15) is 9.59 Å². The number of likely N-dealkylation sites (tertiary alicyclic amines) is 1. The lowest BCUT2D eigenvalue weighted by molar-refractivity contribution is -0.125. The maximum atomic E-state index is 11.8. The number of nitrogens with two attached hydrogens (primary N) is 1. The van der Waals surface area contributed by atoms with Crippen LogP contribution in [0.15, 0.2) is 18.2 Å². The fourth-order valence-electron chi connectivity index (χ4n) is 2.66. The molecule has 0 unspecified atom stereocenters. The summed E-state index contributed by atoms with van der Waals surface area (Å²) in [5, 5.41) is 6.53. The van der Waals surface area contributed by atoms with Crippen molar-refractivity contribution in [3.05, 3.63) is 33.8 Å². The van der Waals surface area contributed by atoms with Crippen LogP contribution in [-0.4, -0.2) is 48.9 Å². The molecule has 26 heavy (non-hydrogen) atoms. The molecule has 1 aliphatic rings. The highest BCUT2D eigenvalue weighted by molar-refractivity contribution is 6.42. The molecule has 1 heterocycles. The van der Waals surface area contributed by atoms with Crippen molar-refractivity contribution in [2.24, 2.45) is 5.73 Å². The normalized spacial score (nSPS) is 14.7. The van der Waals surface area contributed by atoms with E-state index in [0.29, 0.717) is 10.0 Å². The van der Waals surface area contributed by atoms with Crippen LogP contribution in [-0.2, 0) is 16.1 Å². The molecule has 2 amide bonds. The Balaban J connectivity index is 0.00000312. The van der Waals surface area contributed by atoms with Crippen LogP contribution in [0, 0.1) is 0 Å². The predicted molar refractivity (Wildman–Crippen MR) is 109 cm³/mol. The van der Waals surface area contributed by atoms with Crippen molar-refractivity contribution < 1.29 is 9.59 Å². The monoisotopic (exact) mass is 444 g/mol. The van der Waals surface area contributed by atoms with Gasteiger partial charge < -0.3 is 16.4 Å². The van der Waals surface area contributed by atoms with E-state index in [1.165, 1.54) is 0 Å². The van der Waals surface area contributed by atoms with Crippen LogP contribution in [0.1, 0.15) is 18.4 Å². The smallest absolute Gasteiger partial charge is 0.239 e. The predicted octanol–water partition coefficient (Wildman–Crippen LogP) is 1.99. The molecule has 10 heteroatoms. The van der Waals surface area contributed by atoms with Crippen LogP contribution < -0.4 is 16.4 Å². The van der Waals surface area contributed by atoms with Crippen molar-refractivity contribution in [3.8, 4) is 0 Å². The number of benzene rings is 1. The quantitative estimate of drug-likeness (QED) is 0.624. The topological polar surface area (TPSA) is 87.5 Å². The number of carbonyl (C=O) groups is 2. The molecule has 1 aromatic carbocycles. The number of hydrogen-bond acceptors (Lipinski definition) is 4. The Bertz CT molecular complexity index is 596. The molecule has 148 valence electrons. The average molecular weight is 446 g/mol. The van der Waals surface area contributed by atoms with Crippen LogP contribution in [0.2, 0.25) is 10.0 Å². The molecule has 1 aliphatic heterocycles. The van der Waals surface area contributed by atoms with E-state index >= 15 is 0 Å². The first-order chi connectivity index (χ1) is 11.5. The van der Waals surface area contributed by atoms with Gasteiger partial charge in [0.25, 0.3) is 0 Å². The Morgan fingerprint density at radius 1 is 1.12 bits per heavy atom. The maximum Gasteiger partial charge on any atom is 0.239 e. The van der Waals surface area contributed by atoms with Gasteiger partial charge in [0.05, 0.1) is 23.1 Å². The third-order valence-corrected chi connectivity index (χ3v) is 4.71. The second kappa shape index (κ2) is 12.6. The van der Waals surface area contributed by atoms with Gasteiger partial charge in [-0.05, 0) is 30.5 Å². The summed E-state index contributed by atoms with van der Waals surface area (Å²) in [5.41, 5.74) is 6.30. The van der Waals surface area contributed by atoms with E-state index in [0.717, 1.165) is 38.0 Å². The Kier molecular flexibility index (Phi) is 12.2. The van der Waals surface area contributed by atoms with Gasteiger partial charge in [0.1, 0.15) is 0 Å². The Labute approximate surface area is 176 Å². The highest BCUT2D eigenvalue weighted by atomic mass is 35.5. The number of rotatable bonds is 6. The Morgan fingerprint density at radius 3 is 2.35 bits per heavy atom. The number of nitrogens with zero attached hydrogens (tertiary/aromatic N) is 1. The summed E-state index contributed by atoms with van der Waals surface area (Å²) in [5.74, 6) is -0.513. The van der Waals surface area contributed by atoms with Crippen molar-refractivity contribution in [2.75, 3.05) is 26.2 Å². The first-order valence-corrected chi connectivity index (χ1v) is 8.66. The third kappa shape index (κ3) is 8.29. The van der Waals surface area contributed by atoms with E-state index in [4.69, 9.17) is 28.9 Å². The van der Waals surface area contributed by atoms with Crippen LogP contribution >= 0.6 is 48.0 Å². The van der Waals surface area contributed by atoms with Gasteiger partial charge in [-0.1, -0.05) is 29.3 Å². The lowest BCUT2D eigenvalue weighted by Gasteiger charge is -2.32. The molecule has 0 radical (unpaired) electrons. The lowest BCUT2D eigenvalue weighted by Crippen LogP contribution is -2.47. The summed E-state index contributed by atoms with van der Waals surface area (Å²) in [4.78, 5) is 25.1. The second-order valence-electron chi connectivity index (χ2n) is 5.85. The van der Waals surface area contributed by atoms with E-state index in [-0.39, 0.29) is 55.8 Å². The molecule has 1 aromatic rings. The van der Waals surface area contributed by atoms with Gasteiger partial charge in [0.15, 0.2) is 0 Å². The lowest BCUT2D eigenvalue weighted by atomic mass is 10.0. The van der Waals surface area contributed by atoms with E-state index in [2.05, 4.69) is 15.5 Å². The largest absolute Gasteiger partial charge is 0.352 e. The van der Waals surface area contributed by atoms with Gasteiger partial charge in [0, 0.05) is 25.7 Å². The molecular formula is C16H24Cl4N4O2. The first-order valence-electron chi connectivity index (χ1n) is 7.90. The molecular weight excluding hydrogens is 422 g/mol. The average Bonchev–Trinajstić information content (AvgIpc) is 2.58. The SMILES string of the molecule is Cl.Cl.NCC(=O)NCC(=O)NC1CCN(Cc2ccc(Cl)c(Cl)c2)CC1. The van der Waals surface area contributed by atoms with Gasteiger partial charge in [-0.3, -0.25) is 14.5 Å². The number of hydrogen-bond donors (Lipinski definition) is 3. The van der Waals surface area contributed by atoms with Gasteiger partial charge in [-0.2, -0.15) is 0 Å². The van der Waals surface area contributed by atoms with Crippen LogP contribution in [0.25, 0.3) is 0 Å². The molecule has 2 rings (SSSR count). The van der Waals surface area contributed by atoms with Gasteiger partial charge in [-0.25, -0.2) is 0 Å². The molecule has 0 saturated carbocycles. The zero-order valence-corrected chi connectivity index (χ0v) is 17.3. The number of piperidine rings is 1. The summed E-state index contributed by atoms with van der Waals surface area (Å²) in [7, 11) is 0. The van der Waals surface area contributed by atoms with Crippen molar-refractivity contribution >= 4 is 59.8 Å². The summed E-state index contributed by atoms with van der Waals surface area (Å²) < 4.78 is 0. The zero-order valence-electron chi connectivity index (χ0n) is 14.2. The standard InChI is InChI=1S/C16H22Cl2N4O2.2ClH/c17-13-2-1-11(7-14(13)18)10-22-5-3-12(4-6-22)21-16(24)9-20-15(23)8-19;;/h1-2,7,12H,3-6,8-10,19H2,(H,20,23)(H,21,24);2*1H. The van der Waals surface area contributed by atoms with E-state index < -0.39 is 0 Å². The minimum Gasteiger partial charge on any atom is -0.352 e. The molecule has 0 atom stereocenters. The summed E-state index contributed by atoms with van der Waals surface area (Å²) in [6, 6.07) is 5.80. The first kappa shape index (κ1) is 25.2. The summed E-state index contributed by atoms with van der Waals surface area (Å²) in [6.07, 6.45) is 1.75. The molecule has 1 fully saturated rings. The van der Waals surface area contributed by atoms with Gasteiger partial charge in [-0.15, -0.1) is 24.8 Å². The molecule has 0 aliphatic carbocycles. The number of amides is 2. The fraction of sp³-hybridized carbons (Fsp3) is 0.500. The van der Waals surface area contributed by atoms with Crippen LogP contribution in [0.5, 0.6) is 0 Å². The Morgan fingerprint density at radius 2 is 1.77 bits per heavy atom. The minimum absolute atomic E-state index is 0.